The fourth-order valence-electron chi connectivity index (χ4n) is 3.97. The number of anilines is 1. The minimum atomic E-state index is -0.723. The summed E-state index contributed by atoms with van der Waals surface area (Å²) in [6.45, 7) is 0. The van der Waals surface area contributed by atoms with E-state index in [0.717, 1.165) is 28.1 Å². The first-order valence-electron chi connectivity index (χ1n) is 8.73. The zero-order valence-electron chi connectivity index (χ0n) is 15.0. The van der Waals surface area contributed by atoms with Gasteiger partial charge in [0, 0.05) is 12.7 Å². The molecule has 130 valence electrons. The number of benzene rings is 3. The third-order valence-electron chi connectivity index (χ3n) is 5.29. The van der Waals surface area contributed by atoms with Crippen molar-refractivity contribution in [1.82, 2.24) is 0 Å². The maximum atomic E-state index is 13.5. The number of ether oxygens (including phenoxy) is 1. The van der Waals surface area contributed by atoms with Gasteiger partial charge in [-0.3, -0.25) is 4.79 Å². The fourth-order valence-corrected chi connectivity index (χ4v) is 3.97. The van der Waals surface area contributed by atoms with E-state index in [1.165, 1.54) is 0 Å². The van der Waals surface area contributed by atoms with Gasteiger partial charge >= 0.3 is 0 Å². The van der Waals surface area contributed by atoms with Crippen LogP contribution in [0.5, 0.6) is 5.75 Å². The molecule has 0 aromatic heterocycles. The third-order valence-corrected chi connectivity index (χ3v) is 5.29. The average Bonchev–Trinajstić information content (AvgIpc) is 2.92. The standard InChI is InChI=1S/C23H21NO2/c1-24-21-11-7-6-10-20(21)23(22(24)25,16-17-8-4-3-5-9-17)18-12-14-19(26-2)15-13-18/h3-15H,16H2,1-2H3. The lowest BCUT2D eigenvalue weighted by Gasteiger charge is -2.29. The molecule has 3 heteroatoms. The van der Waals surface area contributed by atoms with Crippen molar-refractivity contribution in [3.63, 3.8) is 0 Å². The van der Waals surface area contributed by atoms with Crippen LogP contribution < -0.4 is 9.64 Å². The van der Waals surface area contributed by atoms with E-state index in [2.05, 4.69) is 18.2 Å². The molecule has 26 heavy (non-hydrogen) atoms. The summed E-state index contributed by atoms with van der Waals surface area (Å²) in [7, 11) is 3.51. The minimum Gasteiger partial charge on any atom is -0.497 e. The van der Waals surface area contributed by atoms with Crippen molar-refractivity contribution in [3.05, 3.63) is 95.6 Å². The lowest BCUT2D eigenvalue weighted by Crippen LogP contribution is -2.41. The number of rotatable bonds is 4. The van der Waals surface area contributed by atoms with Gasteiger partial charge in [-0.2, -0.15) is 0 Å². The largest absolute Gasteiger partial charge is 0.497 e. The maximum absolute atomic E-state index is 13.5. The third kappa shape index (κ3) is 2.39. The summed E-state index contributed by atoms with van der Waals surface area (Å²) < 4.78 is 5.31. The first kappa shape index (κ1) is 16.4. The Morgan fingerprint density at radius 1 is 0.885 bits per heavy atom. The van der Waals surface area contributed by atoms with Crippen LogP contribution in [-0.4, -0.2) is 20.1 Å². The van der Waals surface area contributed by atoms with Crippen molar-refractivity contribution >= 4 is 11.6 Å². The smallest absolute Gasteiger partial charge is 0.242 e. The predicted molar refractivity (Wildman–Crippen MR) is 104 cm³/mol. The van der Waals surface area contributed by atoms with Gasteiger partial charge in [-0.15, -0.1) is 0 Å². The van der Waals surface area contributed by atoms with E-state index in [-0.39, 0.29) is 5.91 Å². The number of methoxy groups -OCH3 is 1. The van der Waals surface area contributed by atoms with E-state index in [1.54, 1.807) is 12.0 Å². The summed E-state index contributed by atoms with van der Waals surface area (Å²) in [6.07, 6.45) is 0.625. The van der Waals surface area contributed by atoms with Gasteiger partial charge in [-0.05, 0) is 41.3 Å². The molecule has 1 unspecified atom stereocenters. The first-order valence-corrected chi connectivity index (χ1v) is 8.73. The van der Waals surface area contributed by atoms with Crippen molar-refractivity contribution < 1.29 is 9.53 Å². The fraction of sp³-hybridized carbons (Fsp3) is 0.174. The van der Waals surface area contributed by atoms with Gasteiger partial charge in [-0.25, -0.2) is 0 Å². The highest BCUT2D eigenvalue weighted by Crippen LogP contribution is 2.47. The van der Waals surface area contributed by atoms with E-state index in [4.69, 9.17) is 4.74 Å². The number of fused-ring (bicyclic) bond motifs is 1. The molecule has 0 fully saturated rings. The second-order valence-electron chi connectivity index (χ2n) is 6.68. The molecule has 1 amide bonds. The Morgan fingerprint density at radius 2 is 1.54 bits per heavy atom. The van der Waals surface area contributed by atoms with Crippen LogP contribution in [0.2, 0.25) is 0 Å². The monoisotopic (exact) mass is 343 g/mol. The first-order chi connectivity index (χ1) is 12.7. The summed E-state index contributed by atoms with van der Waals surface area (Å²) >= 11 is 0. The average molecular weight is 343 g/mol. The second-order valence-corrected chi connectivity index (χ2v) is 6.68. The highest BCUT2D eigenvalue weighted by molar-refractivity contribution is 6.10. The molecule has 3 nitrogen and oxygen atoms in total. The Balaban J connectivity index is 1.94. The van der Waals surface area contributed by atoms with E-state index in [0.29, 0.717) is 6.42 Å². The SMILES string of the molecule is COc1ccc(C2(Cc3ccccc3)C(=O)N(C)c3ccccc32)cc1. The molecule has 0 aliphatic carbocycles. The normalized spacial score (nSPS) is 18.7. The molecule has 4 rings (SSSR count). The van der Waals surface area contributed by atoms with E-state index in [1.807, 2.05) is 67.7 Å². The van der Waals surface area contributed by atoms with Crippen LogP contribution in [-0.2, 0) is 16.6 Å². The van der Waals surface area contributed by atoms with Crippen molar-refractivity contribution in [2.45, 2.75) is 11.8 Å². The lowest BCUT2D eigenvalue weighted by atomic mass is 9.71. The molecule has 0 saturated heterocycles. The molecule has 1 atom stereocenters. The molecule has 1 aliphatic rings. The van der Waals surface area contributed by atoms with Crippen molar-refractivity contribution in [2.24, 2.45) is 0 Å². The number of para-hydroxylation sites is 1. The van der Waals surface area contributed by atoms with Crippen LogP contribution in [0.4, 0.5) is 5.69 Å². The molecular weight excluding hydrogens is 322 g/mol. The van der Waals surface area contributed by atoms with Gasteiger partial charge in [-0.1, -0.05) is 60.7 Å². The van der Waals surface area contributed by atoms with Crippen LogP contribution >= 0.6 is 0 Å². The van der Waals surface area contributed by atoms with Gasteiger partial charge in [0.25, 0.3) is 0 Å². The predicted octanol–water partition coefficient (Wildman–Crippen LogP) is 4.20. The van der Waals surface area contributed by atoms with Crippen LogP contribution in [0, 0.1) is 0 Å². The molecule has 1 heterocycles. The molecule has 3 aromatic carbocycles. The van der Waals surface area contributed by atoms with Crippen molar-refractivity contribution in [3.8, 4) is 5.75 Å². The number of carbonyl (C=O) groups excluding carboxylic acids is 1. The molecular formula is C23H21NO2. The number of hydrogen-bond donors (Lipinski definition) is 0. The molecule has 0 spiro atoms. The molecule has 1 aliphatic heterocycles. The maximum Gasteiger partial charge on any atom is 0.242 e. The molecule has 0 radical (unpaired) electrons. The van der Waals surface area contributed by atoms with Crippen LogP contribution in [0.15, 0.2) is 78.9 Å². The molecule has 0 bridgehead atoms. The summed E-state index contributed by atoms with van der Waals surface area (Å²) in [5, 5.41) is 0. The Labute approximate surface area is 153 Å². The van der Waals surface area contributed by atoms with Gasteiger partial charge < -0.3 is 9.64 Å². The number of carbonyl (C=O) groups is 1. The molecule has 3 aromatic rings. The van der Waals surface area contributed by atoms with Gasteiger partial charge in [0.1, 0.15) is 11.2 Å². The lowest BCUT2D eigenvalue weighted by molar-refractivity contribution is -0.121. The Morgan fingerprint density at radius 3 is 2.23 bits per heavy atom. The van der Waals surface area contributed by atoms with Crippen LogP contribution in [0.1, 0.15) is 16.7 Å². The van der Waals surface area contributed by atoms with Crippen LogP contribution in [0.3, 0.4) is 0 Å². The van der Waals surface area contributed by atoms with Gasteiger partial charge in [0.15, 0.2) is 0 Å². The molecule has 0 N–H and O–H groups in total. The minimum absolute atomic E-state index is 0.104. The highest BCUT2D eigenvalue weighted by Gasteiger charge is 2.50. The Bertz CT molecular complexity index is 934. The topological polar surface area (TPSA) is 29.5 Å². The summed E-state index contributed by atoms with van der Waals surface area (Å²) in [4.78, 5) is 15.3. The highest BCUT2D eigenvalue weighted by atomic mass is 16.5. The zero-order chi connectivity index (χ0) is 18.1. The number of amides is 1. The summed E-state index contributed by atoms with van der Waals surface area (Å²) in [5.41, 5.74) is 3.44. The summed E-state index contributed by atoms with van der Waals surface area (Å²) in [6, 6.07) is 26.2. The second kappa shape index (κ2) is 6.34. The quantitative estimate of drug-likeness (QED) is 0.710. The Hall–Kier alpha value is -3.07. The number of nitrogens with zero attached hydrogens (tertiary/aromatic N) is 1. The summed E-state index contributed by atoms with van der Waals surface area (Å²) in [5.74, 6) is 0.892. The van der Waals surface area contributed by atoms with E-state index < -0.39 is 5.41 Å². The van der Waals surface area contributed by atoms with E-state index >= 15 is 0 Å². The molecule has 0 saturated carbocycles. The van der Waals surface area contributed by atoms with Gasteiger partial charge in [0.2, 0.25) is 5.91 Å². The van der Waals surface area contributed by atoms with Gasteiger partial charge in [0.05, 0.1) is 7.11 Å². The van der Waals surface area contributed by atoms with Crippen LogP contribution in [0.25, 0.3) is 0 Å². The van der Waals surface area contributed by atoms with Crippen molar-refractivity contribution in [2.75, 3.05) is 19.1 Å². The number of hydrogen-bond acceptors (Lipinski definition) is 2. The van der Waals surface area contributed by atoms with Crippen molar-refractivity contribution in [1.29, 1.82) is 0 Å². The Kier molecular flexibility index (Phi) is 4.00. The van der Waals surface area contributed by atoms with E-state index in [9.17, 15) is 4.79 Å². The number of likely N-dealkylation sites (N-methyl/N-ethyl adjacent to an activating group) is 1. The zero-order valence-corrected chi connectivity index (χ0v) is 15.0.